The Kier molecular flexibility index (Phi) is 5.32. The number of fused-ring (bicyclic) bond motifs is 5. The topological polar surface area (TPSA) is 20.2 Å². The molecule has 1 heteroatoms. The summed E-state index contributed by atoms with van der Waals surface area (Å²) < 4.78 is 0. The van der Waals surface area contributed by atoms with Gasteiger partial charge in [-0.3, -0.25) is 0 Å². The van der Waals surface area contributed by atoms with Crippen LogP contribution < -0.4 is 0 Å². The van der Waals surface area contributed by atoms with Gasteiger partial charge in [0.15, 0.2) is 0 Å². The summed E-state index contributed by atoms with van der Waals surface area (Å²) in [6.45, 7) is 12.3. The predicted molar refractivity (Wildman–Crippen MR) is 114 cm³/mol. The van der Waals surface area contributed by atoms with Gasteiger partial charge in [-0.1, -0.05) is 32.4 Å². The lowest BCUT2D eigenvalue weighted by molar-refractivity contribution is -0.129. The van der Waals surface area contributed by atoms with Crippen molar-refractivity contribution >= 4 is 0 Å². The average molecular weight is 373 g/mol. The van der Waals surface area contributed by atoms with Gasteiger partial charge in [0.25, 0.3) is 0 Å². The molecule has 0 spiro atoms. The third-order valence-electron chi connectivity index (χ3n) is 10.3. The summed E-state index contributed by atoms with van der Waals surface area (Å²) in [5.74, 6) is 5.44. The summed E-state index contributed by atoms with van der Waals surface area (Å²) in [6, 6.07) is 0. The van der Waals surface area contributed by atoms with Gasteiger partial charge < -0.3 is 5.11 Å². The zero-order valence-electron chi connectivity index (χ0n) is 18.6. The smallest absolute Gasteiger partial charge is 0.0543 e. The highest BCUT2D eigenvalue weighted by molar-refractivity contribution is 5.10. The number of hydrogen-bond acceptors (Lipinski definition) is 1. The molecule has 4 aliphatic rings. The molecular formula is C26H44O. The van der Waals surface area contributed by atoms with Crippen molar-refractivity contribution in [2.45, 2.75) is 105 Å². The summed E-state index contributed by atoms with van der Waals surface area (Å²) in [5, 5.41) is 10.2. The van der Waals surface area contributed by atoms with Gasteiger partial charge in [-0.25, -0.2) is 0 Å². The van der Waals surface area contributed by atoms with Crippen molar-refractivity contribution in [1.82, 2.24) is 0 Å². The maximum Gasteiger partial charge on any atom is 0.0543 e. The molecule has 27 heavy (non-hydrogen) atoms. The van der Waals surface area contributed by atoms with Crippen molar-refractivity contribution in [2.24, 2.45) is 46.3 Å². The van der Waals surface area contributed by atoms with Gasteiger partial charge in [0, 0.05) is 0 Å². The van der Waals surface area contributed by atoms with Crippen LogP contribution in [0.1, 0.15) is 98.8 Å². The van der Waals surface area contributed by atoms with Crippen LogP contribution in [0.4, 0.5) is 0 Å². The number of hydrogen-bond donors (Lipinski definition) is 1. The molecule has 0 saturated heterocycles. The van der Waals surface area contributed by atoms with Gasteiger partial charge in [-0.15, -0.1) is 0 Å². The van der Waals surface area contributed by atoms with Gasteiger partial charge in [-0.2, -0.15) is 0 Å². The van der Waals surface area contributed by atoms with Gasteiger partial charge in [0.05, 0.1) is 6.10 Å². The highest BCUT2D eigenvalue weighted by Crippen LogP contribution is 2.68. The van der Waals surface area contributed by atoms with E-state index in [0.29, 0.717) is 10.8 Å². The summed E-state index contributed by atoms with van der Waals surface area (Å²) in [4.78, 5) is 0. The molecular weight excluding hydrogens is 328 g/mol. The molecule has 4 fully saturated rings. The normalized spacial score (nSPS) is 50.3. The molecule has 0 aromatic heterocycles. The quantitative estimate of drug-likeness (QED) is 0.529. The van der Waals surface area contributed by atoms with Crippen molar-refractivity contribution in [1.29, 1.82) is 0 Å². The molecule has 4 saturated carbocycles. The van der Waals surface area contributed by atoms with E-state index in [0.717, 1.165) is 48.3 Å². The fraction of sp³-hybridized carbons (Fsp3) is 0.923. The van der Waals surface area contributed by atoms with Crippen LogP contribution in [-0.2, 0) is 0 Å². The van der Waals surface area contributed by atoms with E-state index in [1.54, 1.807) is 0 Å². The van der Waals surface area contributed by atoms with Crippen LogP contribution in [0.3, 0.4) is 0 Å². The molecule has 154 valence electrons. The highest BCUT2D eigenvalue weighted by atomic mass is 16.3. The second kappa shape index (κ2) is 7.19. The lowest BCUT2D eigenvalue weighted by Crippen LogP contribution is -2.54. The predicted octanol–water partition coefficient (Wildman–Crippen LogP) is 7.00. The van der Waals surface area contributed by atoms with Crippen molar-refractivity contribution in [3.63, 3.8) is 0 Å². The number of aliphatic hydroxyl groups is 1. The highest BCUT2D eigenvalue weighted by Gasteiger charge is 2.60. The van der Waals surface area contributed by atoms with Gasteiger partial charge in [0.1, 0.15) is 0 Å². The summed E-state index contributed by atoms with van der Waals surface area (Å²) in [5.41, 5.74) is 2.60. The van der Waals surface area contributed by atoms with E-state index in [1.807, 2.05) is 0 Å². The fourth-order valence-corrected chi connectivity index (χ4v) is 8.80. The molecule has 4 rings (SSSR count). The minimum atomic E-state index is -0.0136. The number of allylic oxidation sites excluding steroid dienone is 2. The SMILES string of the molecule is CC(C)=CCC(C)C1CCC2C3CC[C@H]4CC(O)CCC4(C)C3CCC12C. The molecule has 1 nitrogen and oxygen atoms in total. The number of rotatable bonds is 3. The Labute approximate surface area is 168 Å². The van der Waals surface area contributed by atoms with Crippen molar-refractivity contribution in [2.75, 3.05) is 0 Å². The zero-order chi connectivity index (χ0) is 19.4. The second-order valence-corrected chi connectivity index (χ2v) is 11.8. The molecule has 0 aliphatic heterocycles. The minimum Gasteiger partial charge on any atom is -0.393 e. The van der Waals surface area contributed by atoms with Gasteiger partial charge in [-0.05, 0) is 124 Å². The molecule has 0 aromatic rings. The van der Waals surface area contributed by atoms with E-state index in [2.05, 4.69) is 40.7 Å². The first kappa shape index (κ1) is 20.0. The zero-order valence-corrected chi connectivity index (χ0v) is 18.6. The van der Waals surface area contributed by atoms with E-state index in [4.69, 9.17) is 0 Å². The van der Waals surface area contributed by atoms with E-state index in [1.165, 1.54) is 56.9 Å². The average Bonchev–Trinajstić information content (AvgIpc) is 2.97. The molecule has 1 N–H and O–H groups in total. The van der Waals surface area contributed by atoms with Crippen LogP contribution in [0.15, 0.2) is 11.6 Å². The monoisotopic (exact) mass is 372 g/mol. The Morgan fingerprint density at radius 3 is 2.41 bits per heavy atom. The molecule has 9 atom stereocenters. The largest absolute Gasteiger partial charge is 0.393 e. The van der Waals surface area contributed by atoms with Crippen LogP contribution in [0.2, 0.25) is 0 Å². The molecule has 0 bridgehead atoms. The second-order valence-electron chi connectivity index (χ2n) is 11.8. The van der Waals surface area contributed by atoms with Crippen molar-refractivity contribution < 1.29 is 5.11 Å². The third kappa shape index (κ3) is 3.24. The Bertz CT molecular complexity index is 575. The Morgan fingerprint density at radius 1 is 0.963 bits per heavy atom. The van der Waals surface area contributed by atoms with Crippen molar-refractivity contribution in [3.05, 3.63) is 11.6 Å². The third-order valence-corrected chi connectivity index (χ3v) is 10.3. The molecule has 0 aromatic carbocycles. The first-order chi connectivity index (χ1) is 12.8. The van der Waals surface area contributed by atoms with Crippen LogP contribution in [0.25, 0.3) is 0 Å². The molecule has 0 heterocycles. The fourth-order valence-electron chi connectivity index (χ4n) is 8.80. The summed E-state index contributed by atoms with van der Waals surface area (Å²) in [7, 11) is 0. The van der Waals surface area contributed by atoms with E-state index < -0.39 is 0 Å². The minimum absolute atomic E-state index is 0.0136. The van der Waals surface area contributed by atoms with E-state index in [-0.39, 0.29) is 6.10 Å². The van der Waals surface area contributed by atoms with Gasteiger partial charge in [0.2, 0.25) is 0 Å². The molecule has 0 amide bonds. The maximum absolute atomic E-state index is 10.2. The van der Waals surface area contributed by atoms with Crippen molar-refractivity contribution in [3.8, 4) is 0 Å². The maximum atomic E-state index is 10.2. The van der Waals surface area contributed by atoms with Crippen LogP contribution in [0.5, 0.6) is 0 Å². The first-order valence-electron chi connectivity index (χ1n) is 12.1. The lowest BCUT2D eigenvalue weighted by Gasteiger charge is -2.61. The van der Waals surface area contributed by atoms with Crippen LogP contribution in [-0.4, -0.2) is 11.2 Å². The standard InChI is InChI=1S/C26H44O/c1-17(2)6-7-18(3)22-10-11-23-21-9-8-19-16-20(27)12-14-25(19,4)24(21)13-15-26(22,23)5/h6,18-24,27H,7-16H2,1-5H3/t18?,19-,20?,21?,22?,23?,24?,25?,26?/m0/s1. The van der Waals surface area contributed by atoms with E-state index in [9.17, 15) is 5.11 Å². The first-order valence-corrected chi connectivity index (χ1v) is 12.1. The van der Waals surface area contributed by atoms with Gasteiger partial charge >= 0.3 is 0 Å². The molecule has 0 radical (unpaired) electrons. The van der Waals surface area contributed by atoms with Crippen LogP contribution in [0, 0.1) is 46.3 Å². The summed E-state index contributed by atoms with van der Waals surface area (Å²) >= 11 is 0. The Balaban J connectivity index is 1.53. The van der Waals surface area contributed by atoms with E-state index >= 15 is 0 Å². The van der Waals surface area contributed by atoms with Crippen LogP contribution >= 0.6 is 0 Å². The molecule has 4 aliphatic carbocycles. The Morgan fingerprint density at radius 2 is 1.67 bits per heavy atom. The summed E-state index contributed by atoms with van der Waals surface area (Å²) in [6.07, 6.45) is 15.9. The number of aliphatic hydroxyl groups excluding tert-OH is 1. The Hall–Kier alpha value is -0.300. The lowest BCUT2D eigenvalue weighted by atomic mass is 9.44. The molecule has 8 unspecified atom stereocenters.